The van der Waals surface area contributed by atoms with Gasteiger partial charge < -0.3 is 15.0 Å². The first-order chi connectivity index (χ1) is 12.7. The minimum absolute atomic E-state index is 0.0206. The first-order valence-corrected chi connectivity index (χ1v) is 9.13. The lowest BCUT2D eigenvalue weighted by Crippen LogP contribution is -2.31. The molecule has 1 N–H and O–H groups in total. The van der Waals surface area contributed by atoms with Crippen LogP contribution in [0.4, 0.5) is 5.95 Å². The van der Waals surface area contributed by atoms with E-state index in [2.05, 4.69) is 20.2 Å². The van der Waals surface area contributed by atoms with Gasteiger partial charge in [-0.15, -0.1) is 0 Å². The number of amides is 1. The molecule has 0 bridgehead atoms. The van der Waals surface area contributed by atoms with Gasteiger partial charge in [0.15, 0.2) is 0 Å². The highest BCUT2D eigenvalue weighted by atomic mass is 16.5. The van der Waals surface area contributed by atoms with Gasteiger partial charge in [0.2, 0.25) is 11.9 Å². The Labute approximate surface area is 154 Å². The van der Waals surface area contributed by atoms with Crippen LogP contribution in [-0.4, -0.2) is 36.1 Å². The van der Waals surface area contributed by atoms with E-state index in [1.54, 1.807) is 13.3 Å². The van der Waals surface area contributed by atoms with Gasteiger partial charge >= 0.3 is 0 Å². The molecular weight excluding hydrogens is 328 g/mol. The highest BCUT2D eigenvalue weighted by Crippen LogP contribution is 2.19. The summed E-state index contributed by atoms with van der Waals surface area (Å²) in [6.45, 7) is 4.40. The molecule has 1 fully saturated rings. The van der Waals surface area contributed by atoms with Gasteiger partial charge in [0.25, 0.3) is 0 Å². The van der Waals surface area contributed by atoms with E-state index in [1.807, 2.05) is 31.2 Å². The van der Waals surface area contributed by atoms with Crippen LogP contribution in [0.25, 0.3) is 0 Å². The molecule has 26 heavy (non-hydrogen) atoms. The Morgan fingerprint density at radius 1 is 1.23 bits per heavy atom. The summed E-state index contributed by atoms with van der Waals surface area (Å²) in [5, 5.41) is 2.95. The Morgan fingerprint density at radius 3 is 2.77 bits per heavy atom. The number of carbonyl (C=O) groups excluding carboxylic acids is 1. The Morgan fingerprint density at radius 2 is 2.04 bits per heavy atom. The number of methoxy groups -OCH3 is 1. The highest BCUT2D eigenvalue weighted by Gasteiger charge is 2.14. The van der Waals surface area contributed by atoms with Gasteiger partial charge in [-0.1, -0.05) is 12.1 Å². The molecular formula is C20H26N4O2. The van der Waals surface area contributed by atoms with Crippen LogP contribution in [0, 0.1) is 6.92 Å². The number of benzene rings is 1. The van der Waals surface area contributed by atoms with Crippen molar-refractivity contribution >= 4 is 11.9 Å². The molecule has 0 aliphatic carbocycles. The number of hydrogen-bond acceptors (Lipinski definition) is 5. The maximum absolute atomic E-state index is 12.2. The van der Waals surface area contributed by atoms with Crippen LogP contribution in [-0.2, 0) is 17.8 Å². The number of nitrogens with one attached hydrogen (secondary N) is 1. The molecule has 0 radical (unpaired) electrons. The van der Waals surface area contributed by atoms with Crippen LogP contribution < -0.4 is 15.0 Å². The Bertz CT molecular complexity index is 757. The Kier molecular flexibility index (Phi) is 6.04. The lowest BCUT2D eigenvalue weighted by Gasteiger charge is -2.26. The smallest absolute Gasteiger partial charge is 0.225 e. The summed E-state index contributed by atoms with van der Waals surface area (Å²) >= 11 is 0. The zero-order valence-corrected chi connectivity index (χ0v) is 15.5. The number of rotatable bonds is 6. The largest absolute Gasteiger partial charge is 0.496 e. The van der Waals surface area contributed by atoms with Crippen LogP contribution in [0.2, 0.25) is 0 Å². The standard InChI is InChI=1S/C20H26N4O2/c1-15-12-16(6-7-18(15)26-2)13-19(25)22-14-17-8-9-21-20(23-17)24-10-4-3-5-11-24/h6-9,12H,3-5,10-11,13-14H2,1-2H3,(H,22,25). The maximum atomic E-state index is 12.2. The van der Waals surface area contributed by atoms with Crippen LogP contribution in [0.5, 0.6) is 5.75 Å². The lowest BCUT2D eigenvalue weighted by atomic mass is 10.1. The molecule has 0 spiro atoms. The minimum atomic E-state index is -0.0206. The average Bonchev–Trinajstić information content (AvgIpc) is 2.67. The van der Waals surface area contributed by atoms with Crippen LogP contribution >= 0.6 is 0 Å². The van der Waals surface area contributed by atoms with Crippen molar-refractivity contribution in [3.63, 3.8) is 0 Å². The summed E-state index contributed by atoms with van der Waals surface area (Å²) in [5.41, 5.74) is 2.83. The van der Waals surface area contributed by atoms with Gasteiger partial charge in [0.05, 0.1) is 25.8 Å². The number of anilines is 1. The van der Waals surface area contributed by atoms with Crippen LogP contribution in [0.3, 0.4) is 0 Å². The van der Waals surface area contributed by atoms with E-state index in [0.717, 1.165) is 41.6 Å². The minimum Gasteiger partial charge on any atom is -0.496 e. The summed E-state index contributed by atoms with van der Waals surface area (Å²) in [7, 11) is 1.65. The third-order valence-corrected chi connectivity index (χ3v) is 4.63. The molecule has 1 aliphatic heterocycles. The topological polar surface area (TPSA) is 67.3 Å². The van der Waals surface area contributed by atoms with Gasteiger partial charge in [0, 0.05) is 19.3 Å². The normalized spacial score (nSPS) is 14.2. The van der Waals surface area contributed by atoms with E-state index in [1.165, 1.54) is 19.3 Å². The summed E-state index contributed by atoms with van der Waals surface area (Å²) in [4.78, 5) is 23.4. The fourth-order valence-corrected chi connectivity index (χ4v) is 3.22. The lowest BCUT2D eigenvalue weighted by molar-refractivity contribution is -0.120. The summed E-state index contributed by atoms with van der Waals surface area (Å²) in [6, 6.07) is 7.65. The predicted molar refractivity (Wildman–Crippen MR) is 101 cm³/mol. The summed E-state index contributed by atoms with van der Waals surface area (Å²) in [5.74, 6) is 1.58. The molecule has 0 atom stereocenters. The first-order valence-electron chi connectivity index (χ1n) is 9.13. The Balaban J connectivity index is 1.55. The fraction of sp³-hybridized carbons (Fsp3) is 0.450. The van der Waals surface area contributed by atoms with Gasteiger partial charge in [-0.3, -0.25) is 4.79 Å². The molecule has 1 aliphatic rings. The third-order valence-electron chi connectivity index (χ3n) is 4.63. The molecule has 2 heterocycles. The third kappa shape index (κ3) is 4.71. The maximum Gasteiger partial charge on any atom is 0.225 e. The van der Waals surface area contributed by atoms with Crippen molar-refractivity contribution < 1.29 is 9.53 Å². The second kappa shape index (κ2) is 8.65. The number of aryl methyl sites for hydroxylation is 1. The van der Waals surface area contributed by atoms with Gasteiger partial charge in [-0.25, -0.2) is 9.97 Å². The van der Waals surface area contributed by atoms with Crippen molar-refractivity contribution in [3.05, 3.63) is 47.3 Å². The second-order valence-electron chi connectivity index (χ2n) is 6.65. The van der Waals surface area contributed by atoms with Gasteiger partial charge in [-0.05, 0) is 49.4 Å². The van der Waals surface area contributed by atoms with Crippen molar-refractivity contribution in [2.75, 3.05) is 25.1 Å². The molecule has 6 heteroatoms. The van der Waals surface area contributed by atoms with Crippen molar-refractivity contribution in [2.24, 2.45) is 0 Å². The average molecular weight is 354 g/mol. The van der Waals surface area contributed by atoms with Crippen molar-refractivity contribution in [1.82, 2.24) is 15.3 Å². The number of carbonyl (C=O) groups is 1. The zero-order valence-electron chi connectivity index (χ0n) is 15.5. The van der Waals surface area contributed by atoms with E-state index >= 15 is 0 Å². The van der Waals surface area contributed by atoms with E-state index < -0.39 is 0 Å². The van der Waals surface area contributed by atoms with E-state index in [4.69, 9.17) is 4.74 Å². The van der Waals surface area contributed by atoms with Crippen molar-refractivity contribution in [1.29, 1.82) is 0 Å². The van der Waals surface area contributed by atoms with E-state index in [-0.39, 0.29) is 5.91 Å². The molecule has 138 valence electrons. The van der Waals surface area contributed by atoms with E-state index in [9.17, 15) is 4.79 Å². The second-order valence-corrected chi connectivity index (χ2v) is 6.65. The van der Waals surface area contributed by atoms with Gasteiger partial charge in [-0.2, -0.15) is 0 Å². The first kappa shape index (κ1) is 18.2. The molecule has 1 aromatic carbocycles. The highest BCUT2D eigenvalue weighted by molar-refractivity contribution is 5.78. The summed E-state index contributed by atoms with van der Waals surface area (Å²) in [6.07, 6.45) is 5.76. The fourth-order valence-electron chi connectivity index (χ4n) is 3.22. The quantitative estimate of drug-likeness (QED) is 0.864. The molecule has 1 amide bonds. The van der Waals surface area contributed by atoms with E-state index in [0.29, 0.717) is 13.0 Å². The SMILES string of the molecule is COc1ccc(CC(=O)NCc2ccnc(N3CCCCC3)n2)cc1C. The van der Waals surface area contributed by atoms with Gasteiger partial charge in [0.1, 0.15) is 5.75 Å². The molecule has 1 aromatic heterocycles. The number of nitrogens with zero attached hydrogens (tertiary/aromatic N) is 3. The number of hydrogen-bond donors (Lipinski definition) is 1. The van der Waals surface area contributed by atoms with Crippen LogP contribution in [0.1, 0.15) is 36.1 Å². The number of piperidine rings is 1. The van der Waals surface area contributed by atoms with Crippen LogP contribution in [0.15, 0.2) is 30.5 Å². The molecule has 6 nitrogen and oxygen atoms in total. The van der Waals surface area contributed by atoms with Crippen molar-refractivity contribution in [2.45, 2.75) is 39.2 Å². The molecule has 0 unspecified atom stereocenters. The zero-order chi connectivity index (χ0) is 18.4. The molecule has 0 saturated carbocycles. The Hall–Kier alpha value is -2.63. The number of aromatic nitrogens is 2. The van der Waals surface area contributed by atoms with Crippen molar-refractivity contribution in [3.8, 4) is 5.75 Å². The molecule has 1 saturated heterocycles. The monoisotopic (exact) mass is 354 g/mol. The predicted octanol–water partition coefficient (Wildman–Crippen LogP) is 2.64. The molecule has 2 aromatic rings. The summed E-state index contributed by atoms with van der Waals surface area (Å²) < 4.78 is 5.25. The number of ether oxygens (including phenoxy) is 1. The molecule has 3 rings (SSSR count).